The molecule has 0 unspecified atom stereocenters. The van der Waals surface area contributed by atoms with E-state index >= 15 is 0 Å². The highest BCUT2D eigenvalue weighted by Crippen LogP contribution is 2.17. The van der Waals surface area contributed by atoms with Crippen LogP contribution in [0.15, 0.2) is 73.3 Å². The van der Waals surface area contributed by atoms with Gasteiger partial charge in [-0.25, -0.2) is 28.7 Å². The highest BCUT2D eigenvalue weighted by Gasteiger charge is 2.20. The molecule has 4 rings (SSSR count). The Balaban J connectivity index is 1.46. The predicted molar refractivity (Wildman–Crippen MR) is 197 cm³/mol. The van der Waals surface area contributed by atoms with Gasteiger partial charge in [-0.1, -0.05) is 89.1 Å². The smallest absolute Gasteiger partial charge is 0.419 e. The summed E-state index contributed by atoms with van der Waals surface area (Å²) in [6, 6.07) is 16.0. The minimum absolute atomic E-state index is 0.0528. The molecule has 0 saturated carbocycles. The van der Waals surface area contributed by atoms with E-state index in [1.54, 1.807) is 24.8 Å². The standard InChI is InChI=1S/C40H54N6O5/c1-5-9-25-50-39(48)45-23-19-41-37(45)30-44(31-38-42-20-24-46(38)40(49)51-26-10-6-2)29-34-15-17-35(18-16-34)36(47)27-32-11-13-33(14-12-32)28-43(21-7-3)22-8-4/h11-20,23-24H,5-10,21-22,25-31H2,1-4H3. The van der Waals surface area contributed by atoms with Gasteiger partial charge in [-0.05, 0) is 55.5 Å². The minimum Gasteiger partial charge on any atom is -0.449 e. The van der Waals surface area contributed by atoms with Crippen LogP contribution in [0.5, 0.6) is 0 Å². The average molecular weight is 699 g/mol. The van der Waals surface area contributed by atoms with Crippen LogP contribution in [0.4, 0.5) is 9.59 Å². The maximum Gasteiger partial charge on any atom is 0.419 e. The summed E-state index contributed by atoms with van der Waals surface area (Å²) in [4.78, 5) is 52.3. The summed E-state index contributed by atoms with van der Waals surface area (Å²) in [5.74, 6) is 1.06. The second-order valence-electron chi connectivity index (χ2n) is 12.9. The third-order valence-electron chi connectivity index (χ3n) is 8.56. The van der Waals surface area contributed by atoms with Gasteiger partial charge in [0.1, 0.15) is 11.6 Å². The molecule has 0 bridgehead atoms. The number of ether oxygens (including phenoxy) is 2. The van der Waals surface area contributed by atoms with Crippen molar-refractivity contribution in [1.82, 2.24) is 28.9 Å². The largest absolute Gasteiger partial charge is 0.449 e. The zero-order chi connectivity index (χ0) is 36.4. The number of hydrogen-bond acceptors (Lipinski definition) is 9. The number of Topliss-reactive ketones (excluding diaryl/α,β-unsaturated/α-hetero) is 1. The summed E-state index contributed by atoms with van der Waals surface area (Å²) in [6.07, 6.45) is 11.3. The first-order chi connectivity index (χ1) is 24.8. The average Bonchev–Trinajstić information content (AvgIpc) is 3.79. The van der Waals surface area contributed by atoms with Crippen molar-refractivity contribution in [2.45, 2.75) is 98.8 Å². The maximum absolute atomic E-state index is 13.3. The van der Waals surface area contributed by atoms with E-state index in [1.165, 1.54) is 14.7 Å². The van der Waals surface area contributed by atoms with Gasteiger partial charge in [-0.15, -0.1) is 0 Å². The molecule has 0 aliphatic heterocycles. The molecule has 0 amide bonds. The lowest BCUT2D eigenvalue weighted by atomic mass is 10.0. The number of carbonyl (C=O) groups excluding carboxylic acids is 3. The highest BCUT2D eigenvalue weighted by atomic mass is 16.6. The maximum atomic E-state index is 13.3. The van der Waals surface area contributed by atoms with E-state index in [9.17, 15) is 14.4 Å². The Morgan fingerprint density at radius 2 is 1.04 bits per heavy atom. The van der Waals surface area contributed by atoms with E-state index in [-0.39, 0.29) is 18.9 Å². The van der Waals surface area contributed by atoms with E-state index < -0.39 is 12.2 Å². The summed E-state index contributed by atoms with van der Waals surface area (Å²) in [5.41, 5.74) is 3.84. The number of aromatic nitrogens is 4. The molecular formula is C40H54N6O5. The summed E-state index contributed by atoms with van der Waals surface area (Å²) < 4.78 is 13.7. The Morgan fingerprint density at radius 1 is 0.588 bits per heavy atom. The van der Waals surface area contributed by atoms with Crippen molar-refractivity contribution in [3.8, 4) is 0 Å². The first kappa shape index (κ1) is 39.2. The van der Waals surface area contributed by atoms with E-state index in [4.69, 9.17) is 9.47 Å². The van der Waals surface area contributed by atoms with Gasteiger partial charge < -0.3 is 9.47 Å². The second-order valence-corrected chi connectivity index (χ2v) is 12.9. The summed E-state index contributed by atoms with van der Waals surface area (Å²) in [6.45, 7) is 13.2. The number of nitrogens with zero attached hydrogens (tertiary/aromatic N) is 6. The number of imidazole rings is 2. The van der Waals surface area contributed by atoms with Crippen LogP contribution in [0, 0.1) is 0 Å². The molecule has 0 aliphatic carbocycles. The Labute approximate surface area is 302 Å². The second kappa shape index (κ2) is 20.9. The molecule has 11 heteroatoms. The fourth-order valence-corrected chi connectivity index (χ4v) is 5.81. The Kier molecular flexibility index (Phi) is 16.1. The summed E-state index contributed by atoms with van der Waals surface area (Å²) >= 11 is 0. The molecule has 0 atom stereocenters. The van der Waals surface area contributed by atoms with Crippen molar-refractivity contribution in [2.24, 2.45) is 0 Å². The van der Waals surface area contributed by atoms with Gasteiger partial charge in [0.2, 0.25) is 0 Å². The lowest BCUT2D eigenvalue weighted by Crippen LogP contribution is -2.28. The van der Waals surface area contributed by atoms with Crippen LogP contribution in [0.25, 0.3) is 0 Å². The third kappa shape index (κ3) is 12.3. The lowest BCUT2D eigenvalue weighted by molar-refractivity contribution is 0.0992. The van der Waals surface area contributed by atoms with Crippen molar-refractivity contribution in [1.29, 1.82) is 0 Å². The Hall–Kier alpha value is -4.61. The predicted octanol–water partition coefficient (Wildman–Crippen LogP) is 7.90. The monoisotopic (exact) mass is 698 g/mol. The number of benzene rings is 2. The lowest BCUT2D eigenvalue weighted by Gasteiger charge is -2.22. The third-order valence-corrected chi connectivity index (χ3v) is 8.56. The molecule has 0 spiro atoms. The molecule has 0 aliphatic rings. The first-order valence-electron chi connectivity index (χ1n) is 18.4. The molecule has 11 nitrogen and oxygen atoms in total. The molecular weight excluding hydrogens is 644 g/mol. The van der Waals surface area contributed by atoms with Crippen molar-refractivity contribution in [3.05, 3.63) is 107 Å². The summed E-state index contributed by atoms with van der Waals surface area (Å²) in [5, 5.41) is 0. The normalized spacial score (nSPS) is 11.3. The molecule has 2 aromatic heterocycles. The molecule has 0 fully saturated rings. The van der Waals surface area contributed by atoms with Crippen LogP contribution in [-0.2, 0) is 42.1 Å². The fourth-order valence-electron chi connectivity index (χ4n) is 5.81. The minimum atomic E-state index is -0.482. The van der Waals surface area contributed by atoms with Gasteiger partial charge in [-0.2, -0.15) is 0 Å². The van der Waals surface area contributed by atoms with Crippen LogP contribution in [-0.4, -0.2) is 73.2 Å². The number of hydrogen-bond donors (Lipinski definition) is 0. The van der Waals surface area contributed by atoms with Gasteiger partial charge in [0, 0.05) is 49.9 Å². The van der Waals surface area contributed by atoms with Crippen LogP contribution in [0.1, 0.15) is 105 Å². The van der Waals surface area contributed by atoms with Crippen LogP contribution >= 0.6 is 0 Å². The van der Waals surface area contributed by atoms with Crippen molar-refractivity contribution >= 4 is 18.0 Å². The first-order valence-corrected chi connectivity index (χ1v) is 18.4. The van der Waals surface area contributed by atoms with E-state index in [0.29, 0.717) is 43.4 Å². The van der Waals surface area contributed by atoms with Crippen LogP contribution < -0.4 is 0 Å². The van der Waals surface area contributed by atoms with E-state index in [1.807, 2.05) is 43.0 Å². The quantitative estimate of drug-likeness (QED) is 0.0633. The highest BCUT2D eigenvalue weighted by molar-refractivity contribution is 5.97. The Bertz CT molecular complexity index is 1580. The number of carbonyl (C=O) groups is 3. The van der Waals surface area contributed by atoms with Gasteiger partial charge in [-0.3, -0.25) is 14.6 Å². The number of ketones is 1. The molecule has 0 radical (unpaired) electrons. The number of unbranched alkanes of at least 4 members (excludes halogenated alkanes) is 2. The number of rotatable bonds is 21. The summed E-state index contributed by atoms with van der Waals surface area (Å²) in [7, 11) is 0. The molecule has 274 valence electrons. The van der Waals surface area contributed by atoms with E-state index in [2.05, 4.69) is 53.0 Å². The molecule has 2 aromatic carbocycles. The fraction of sp³-hybridized carbons (Fsp3) is 0.475. The van der Waals surface area contributed by atoms with Crippen LogP contribution in [0.2, 0.25) is 0 Å². The zero-order valence-electron chi connectivity index (χ0n) is 30.8. The van der Waals surface area contributed by atoms with E-state index in [0.717, 1.165) is 69.3 Å². The van der Waals surface area contributed by atoms with Gasteiger partial charge >= 0.3 is 12.2 Å². The SMILES string of the molecule is CCCCOC(=O)n1ccnc1CN(Cc1ccc(C(=O)Cc2ccc(CN(CCC)CCC)cc2)cc1)Cc1nccn1C(=O)OCCCC. The van der Waals surface area contributed by atoms with Crippen molar-refractivity contribution in [2.75, 3.05) is 26.3 Å². The molecule has 51 heavy (non-hydrogen) atoms. The van der Waals surface area contributed by atoms with Gasteiger partial charge in [0.05, 0.1) is 26.3 Å². The van der Waals surface area contributed by atoms with Crippen molar-refractivity contribution in [3.63, 3.8) is 0 Å². The molecule has 2 heterocycles. The zero-order valence-corrected chi connectivity index (χ0v) is 30.8. The topological polar surface area (TPSA) is 112 Å². The van der Waals surface area contributed by atoms with Gasteiger partial charge in [0.15, 0.2) is 5.78 Å². The Morgan fingerprint density at radius 3 is 1.51 bits per heavy atom. The van der Waals surface area contributed by atoms with Gasteiger partial charge in [0.25, 0.3) is 0 Å². The van der Waals surface area contributed by atoms with Crippen molar-refractivity contribution < 1.29 is 23.9 Å². The van der Waals surface area contributed by atoms with Crippen LogP contribution in [0.3, 0.4) is 0 Å². The molecule has 0 N–H and O–H groups in total. The molecule has 0 saturated heterocycles. The molecule has 4 aromatic rings.